The Labute approximate surface area is 155 Å². The summed E-state index contributed by atoms with van der Waals surface area (Å²) in [7, 11) is 0. The summed E-state index contributed by atoms with van der Waals surface area (Å²) in [5.74, 6) is -0.526. The molecule has 0 spiro atoms. The van der Waals surface area contributed by atoms with Gasteiger partial charge in [-0.1, -0.05) is 28.9 Å². The molecule has 6 heteroatoms. The van der Waals surface area contributed by atoms with E-state index in [-0.39, 0.29) is 12.3 Å². The molecule has 132 valence electrons. The fourth-order valence-electron chi connectivity index (χ4n) is 2.22. The number of hydrogen-bond donors (Lipinski definition) is 2. The topological polar surface area (TPSA) is 75.6 Å². The van der Waals surface area contributed by atoms with Crippen LogP contribution in [0.4, 0.5) is 5.69 Å². The Morgan fingerprint density at radius 3 is 2.52 bits per heavy atom. The Hall–Kier alpha value is -2.34. The minimum absolute atomic E-state index is 0.0370. The number of nitrogens with one attached hydrogen (secondary N) is 1. The van der Waals surface area contributed by atoms with E-state index in [2.05, 4.69) is 21.2 Å². The van der Waals surface area contributed by atoms with Crippen molar-refractivity contribution in [3.63, 3.8) is 0 Å². The van der Waals surface area contributed by atoms with Gasteiger partial charge in [0.1, 0.15) is 5.75 Å². The number of benzene rings is 2. The number of carbonyl (C=O) groups is 2. The predicted molar refractivity (Wildman–Crippen MR) is 100 cm³/mol. The van der Waals surface area contributed by atoms with Crippen molar-refractivity contribution in [2.24, 2.45) is 0 Å². The molecule has 2 N–H and O–H groups in total. The molecule has 0 aromatic heterocycles. The Kier molecular flexibility index (Phi) is 7.01. The number of anilines is 1. The summed E-state index contributed by atoms with van der Waals surface area (Å²) in [6.45, 7) is 2.54. The first-order valence-corrected chi connectivity index (χ1v) is 8.83. The Bertz CT molecular complexity index is 744. The van der Waals surface area contributed by atoms with Crippen LogP contribution in [0.2, 0.25) is 0 Å². The zero-order valence-electron chi connectivity index (χ0n) is 13.9. The summed E-state index contributed by atoms with van der Waals surface area (Å²) in [5.41, 5.74) is 1.90. The van der Waals surface area contributed by atoms with Gasteiger partial charge < -0.3 is 15.2 Å². The van der Waals surface area contributed by atoms with Gasteiger partial charge in [0.2, 0.25) is 0 Å². The highest BCUT2D eigenvalue weighted by atomic mass is 79.9. The minimum atomic E-state index is -0.855. The largest absolute Gasteiger partial charge is 0.491 e. The molecule has 5 nitrogen and oxygen atoms in total. The van der Waals surface area contributed by atoms with Crippen molar-refractivity contribution in [2.75, 3.05) is 11.9 Å². The first-order chi connectivity index (χ1) is 12.0. The van der Waals surface area contributed by atoms with Gasteiger partial charge in [0.25, 0.3) is 5.91 Å². The molecule has 0 unspecified atom stereocenters. The van der Waals surface area contributed by atoms with Crippen LogP contribution in [0.15, 0.2) is 46.9 Å². The molecular weight excluding hydrogens is 386 g/mol. The lowest BCUT2D eigenvalue weighted by atomic mass is 10.1. The Balaban J connectivity index is 2.21. The monoisotopic (exact) mass is 405 g/mol. The number of carboxylic acid groups (broad SMARTS) is 1. The van der Waals surface area contributed by atoms with Crippen molar-refractivity contribution < 1.29 is 19.4 Å². The van der Waals surface area contributed by atoms with Gasteiger partial charge in [0.05, 0.1) is 12.3 Å². The lowest BCUT2D eigenvalue weighted by Crippen LogP contribution is -2.13. The number of rotatable bonds is 8. The molecule has 0 aliphatic heterocycles. The molecular formula is C19H20BrNO4. The van der Waals surface area contributed by atoms with Gasteiger partial charge in [-0.05, 0) is 54.8 Å². The molecule has 2 rings (SSSR count). The predicted octanol–water partition coefficient (Wildman–Crippen LogP) is 4.51. The normalized spacial score (nSPS) is 10.3. The Morgan fingerprint density at radius 2 is 1.88 bits per heavy atom. The summed E-state index contributed by atoms with van der Waals surface area (Å²) in [6.07, 6.45) is 1.28. The van der Waals surface area contributed by atoms with Crippen molar-refractivity contribution in [1.82, 2.24) is 0 Å². The van der Waals surface area contributed by atoms with Gasteiger partial charge in [-0.25, -0.2) is 0 Å². The van der Waals surface area contributed by atoms with Crippen LogP contribution < -0.4 is 10.1 Å². The van der Waals surface area contributed by atoms with Crippen LogP contribution in [0.25, 0.3) is 0 Å². The molecule has 0 radical (unpaired) electrons. The van der Waals surface area contributed by atoms with E-state index in [4.69, 9.17) is 9.84 Å². The summed E-state index contributed by atoms with van der Waals surface area (Å²) in [5, 5.41) is 11.7. The van der Waals surface area contributed by atoms with Gasteiger partial charge in [-0.3, -0.25) is 9.59 Å². The third-order valence-electron chi connectivity index (χ3n) is 3.49. The first kappa shape index (κ1) is 19.0. The first-order valence-electron chi connectivity index (χ1n) is 8.04. The van der Waals surface area contributed by atoms with Crippen LogP contribution in [-0.4, -0.2) is 23.6 Å². The average molecular weight is 406 g/mol. The fraction of sp³-hybridized carbons (Fsp3) is 0.263. The minimum Gasteiger partial charge on any atom is -0.491 e. The highest BCUT2D eigenvalue weighted by Gasteiger charge is 2.12. The molecule has 1 amide bonds. The van der Waals surface area contributed by atoms with Crippen LogP contribution in [0, 0.1) is 0 Å². The van der Waals surface area contributed by atoms with E-state index >= 15 is 0 Å². The van der Waals surface area contributed by atoms with E-state index in [1.165, 1.54) is 0 Å². The number of carboxylic acids is 1. The van der Waals surface area contributed by atoms with Crippen molar-refractivity contribution in [3.8, 4) is 5.75 Å². The summed E-state index contributed by atoms with van der Waals surface area (Å²) < 4.78 is 6.58. The zero-order valence-corrected chi connectivity index (χ0v) is 15.5. The van der Waals surface area contributed by atoms with Crippen LogP contribution in [-0.2, 0) is 11.2 Å². The third-order valence-corrected chi connectivity index (χ3v) is 4.02. The molecule has 2 aromatic carbocycles. The molecule has 0 fully saturated rings. The van der Waals surface area contributed by atoms with E-state index in [9.17, 15) is 9.59 Å². The second kappa shape index (κ2) is 9.22. The summed E-state index contributed by atoms with van der Waals surface area (Å²) >= 11 is 3.34. The van der Waals surface area contributed by atoms with Gasteiger partial charge in [0, 0.05) is 16.5 Å². The average Bonchev–Trinajstić information content (AvgIpc) is 2.59. The maximum absolute atomic E-state index is 12.5. The molecule has 0 saturated carbocycles. The molecule has 0 heterocycles. The van der Waals surface area contributed by atoms with Gasteiger partial charge in [-0.2, -0.15) is 0 Å². The molecule has 0 bridgehead atoms. The second-order valence-electron chi connectivity index (χ2n) is 5.53. The van der Waals surface area contributed by atoms with E-state index < -0.39 is 5.97 Å². The number of aryl methyl sites for hydroxylation is 1. The van der Waals surface area contributed by atoms with Crippen molar-refractivity contribution >= 4 is 33.5 Å². The van der Waals surface area contributed by atoms with Crippen LogP contribution >= 0.6 is 15.9 Å². The van der Waals surface area contributed by atoms with Gasteiger partial charge in [-0.15, -0.1) is 0 Å². The highest BCUT2D eigenvalue weighted by Crippen LogP contribution is 2.27. The highest BCUT2D eigenvalue weighted by molar-refractivity contribution is 9.10. The lowest BCUT2D eigenvalue weighted by Gasteiger charge is -2.14. The van der Waals surface area contributed by atoms with Gasteiger partial charge in [0.15, 0.2) is 0 Å². The molecule has 0 aliphatic rings. The smallest absolute Gasteiger partial charge is 0.303 e. The maximum Gasteiger partial charge on any atom is 0.303 e. The Morgan fingerprint density at radius 1 is 1.16 bits per heavy atom. The molecule has 0 atom stereocenters. The molecule has 0 saturated heterocycles. The van der Waals surface area contributed by atoms with E-state index in [1.807, 2.05) is 13.0 Å². The number of amides is 1. The van der Waals surface area contributed by atoms with Gasteiger partial charge >= 0.3 is 5.97 Å². The maximum atomic E-state index is 12.5. The third kappa shape index (κ3) is 5.90. The number of carbonyl (C=O) groups excluding carboxylic acids is 1. The fourth-order valence-corrected chi connectivity index (χ4v) is 2.48. The standard InChI is InChI=1S/C19H20BrNO4/c1-2-11-25-17-9-3-13(4-10-18(22)23)12-16(17)21-19(24)14-5-7-15(20)8-6-14/h3,5-9,12H,2,4,10-11H2,1H3,(H,21,24)(H,22,23). The van der Waals surface area contributed by atoms with Crippen LogP contribution in [0.5, 0.6) is 5.75 Å². The SMILES string of the molecule is CCCOc1ccc(CCC(=O)O)cc1NC(=O)c1ccc(Br)cc1. The van der Waals surface area contributed by atoms with Crippen LogP contribution in [0.1, 0.15) is 35.7 Å². The number of aliphatic carboxylic acids is 1. The van der Waals surface area contributed by atoms with Crippen molar-refractivity contribution in [3.05, 3.63) is 58.1 Å². The lowest BCUT2D eigenvalue weighted by molar-refractivity contribution is -0.136. The van der Waals surface area contributed by atoms with E-state index in [1.54, 1.807) is 36.4 Å². The summed E-state index contributed by atoms with van der Waals surface area (Å²) in [6, 6.07) is 12.4. The number of halogens is 1. The molecule has 25 heavy (non-hydrogen) atoms. The quantitative estimate of drug-likeness (QED) is 0.677. The second-order valence-corrected chi connectivity index (χ2v) is 6.45. The van der Waals surface area contributed by atoms with Crippen LogP contribution in [0.3, 0.4) is 0 Å². The number of hydrogen-bond acceptors (Lipinski definition) is 3. The van der Waals surface area contributed by atoms with Crippen molar-refractivity contribution in [1.29, 1.82) is 0 Å². The van der Waals surface area contributed by atoms with Crippen molar-refractivity contribution in [2.45, 2.75) is 26.2 Å². The zero-order chi connectivity index (χ0) is 18.2. The molecule has 0 aliphatic carbocycles. The van der Waals surface area contributed by atoms with E-state index in [0.29, 0.717) is 30.0 Å². The van der Waals surface area contributed by atoms with E-state index in [0.717, 1.165) is 16.5 Å². The summed E-state index contributed by atoms with van der Waals surface area (Å²) in [4.78, 5) is 23.2. The molecule has 2 aromatic rings. The number of ether oxygens (including phenoxy) is 1.